The number of carbonyl (C=O) groups is 2. The Hall–Kier alpha value is -0.710. The molecule has 0 heterocycles. The zero-order valence-electron chi connectivity index (χ0n) is 10.9. The van der Waals surface area contributed by atoms with Crippen molar-refractivity contribution in [3.63, 3.8) is 0 Å². The Balaban J connectivity index is 5.26. The first-order valence-corrected chi connectivity index (χ1v) is 7.64. The van der Waals surface area contributed by atoms with Crippen LogP contribution in [0.1, 0.15) is 40.0 Å². The van der Waals surface area contributed by atoms with E-state index < -0.39 is 37.3 Å². The molecule has 106 valence electrons. The summed E-state index contributed by atoms with van der Waals surface area (Å²) in [4.78, 5) is 40.4. The third-order valence-electron chi connectivity index (χ3n) is 3.38. The number of aliphatic carboxylic acids is 1. The molecule has 6 nitrogen and oxygen atoms in total. The van der Waals surface area contributed by atoms with Crippen molar-refractivity contribution >= 4 is 19.3 Å². The lowest BCUT2D eigenvalue weighted by molar-refractivity contribution is -0.308. The van der Waals surface area contributed by atoms with E-state index in [1.54, 1.807) is 0 Å². The molecule has 0 aliphatic carbocycles. The van der Waals surface area contributed by atoms with Gasteiger partial charge in [-0.2, -0.15) is 0 Å². The van der Waals surface area contributed by atoms with Gasteiger partial charge in [0.1, 0.15) is 6.16 Å². The summed E-state index contributed by atoms with van der Waals surface area (Å²) in [5, 5.41) is 10.8. The zero-order chi connectivity index (χ0) is 14.6. The van der Waals surface area contributed by atoms with Crippen molar-refractivity contribution in [1.82, 2.24) is 0 Å². The van der Waals surface area contributed by atoms with Crippen LogP contribution in [0.5, 0.6) is 0 Å². The molecule has 0 aliphatic rings. The Morgan fingerprint density at radius 1 is 1.28 bits per heavy atom. The summed E-state index contributed by atoms with van der Waals surface area (Å²) < 4.78 is 10.9. The molecule has 18 heavy (non-hydrogen) atoms. The number of ketones is 1. The predicted octanol–water partition coefficient (Wildman–Crippen LogP) is 0.316. The molecule has 1 unspecified atom stereocenters. The van der Waals surface area contributed by atoms with Gasteiger partial charge in [-0.3, -0.25) is 9.36 Å². The van der Waals surface area contributed by atoms with Crippen molar-refractivity contribution in [3.05, 3.63) is 0 Å². The SMILES string of the molecule is CCC(CC)C(C)(CC(=O)[O-])C(=O)CP(=O)(O)O. The van der Waals surface area contributed by atoms with Crippen LogP contribution >= 0.6 is 7.60 Å². The number of hydrogen-bond acceptors (Lipinski definition) is 4. The van der Waals surface area contributed by atoms with E-state index in [0.29, 0.717) is 12.8 Å². The minimum absolute atomic E-state index is 0.241. The molecular formula is C11H20O6P-. The zero-order valence-corrected chi connectivity index (χ0v) is 11.8. The molecule has 0 spiro atoms. The predicted molar refractivity (Wildman–Crippen MR) is 63.7 cm³/mol. The van der Waals surface area contributed by atoms with E-state index in [9.17, 15) is 19.3 Å². The topological polar surface area (TPSA) is 115 Å². The van der Waals surface area contributed by atoms with Gasteiger partial charge in [-0.15, -0.1) is 0 Å². The largest absolute Gasteiger partial charge is 0.550 e. The Morgan fingerprint density at radius 3 is 2.00 bits per heavy atom. The van der Waals surface area contributed by atoms with Crippen LogP contribution in [0, 0.1) is 11.3 Å². The van der Waals surface area contributed by atoms with Gasteiger partial charge in [0.15, 0.2) is 5.78 Å². The third-order valence-corrected chi connectivity index (χ3v) is 4.08. The smallest absolute Gasteiger partial charge is 0.332 e. The second-order valence-electron chi connectivity index (χ2n) is 4.73. The summed E-state index contributed by atoms with van der Waals surface area (Å²) in [6, 6.07) is 0. The maximum absolute atomic E-state index is 12.0. The van der Waals surface area contributed by atoms with Crippen LogP contribution in [0.4, 0.5) is 0 Å². The average molecular weight is 279 g/mol. The maximum atomic E-state index is 12.0. The van der Waals surface area contributed by atoms with Crippen LogP contribution in [0.2, 0.25) is 0 Å². The van der Waals surface area contributed by atoms with Crippen LogP contribution in [-0.4, -0.2) is 27.7 Å². The molecule has 1 atom stereocenters. The van der Waals surface area contributed by atoms with Crippen LogP contribution in [0.15, 0.2) is 0 Å². The molecule has 0 aromatic rings. The highest BCUT2D eigenvalue weighted by Gasteiger charge is 2.41. The fourth-order valence-corrected chi connectivity index (χ4v) is 3.06. The molecule has 0 amide bonds. The highest BCUT2D eigenvalue weighted by Crippen LogP contribution is 2.42. The molecular weight excluding hydrogens is 259 g/mol. The van der Waals surface area contributed by atoms with Crippen molar-refractivity contribution in [1.29, 1.82) is 0 Å². The molecule has 0 bridgehead atoms. The quantitative estimate of drug-likeness (QED) is 0.618. The highest BCUT2D eigenvalue weighted by atomic mass is 31.2. The molecule has 2 N–H and O–H groups in total. The maximum Gasteiger partial charge on any atom is 0.332 e. The molecule has 0 saturated heterocycles. The van der Waals surface area contributed by atoms with Crippen molar-refractivity contribution in [2.75, 3.05) is 6.16 Å². The lowest BCUT2D eigenvalue weighted by Gasteiger charge is -2.36. The summed E-state index contributed by atoms with van der Waals surface area (Å²) in [5.74, 6) is -2.34. The van der Waals surface area contributed by atoms with Gasteiger partial charge in [-0.25, -0.2) is 0 Å². The van der Waals surface area contributed by atoms with Gasteiger partial charge >= 0.3 is 7.60 Å². The van der Waals surface area contributed by atoms with Crippen LogP contribution in [0.25, 0.3) is 0 Å². The molecule has 0 saturated carbocycles. The van der Waals surface area contributed by atoms with E-state index in [1.165, 1.54) is 6.92 Å². The van der Waals surface area contributed by atoms with Crippen molar-refractivity contribution in [3.8, 4) is 0 Å². The highest BCUT2D eigenvalue weighted by molar-refractivity contribution is 7.52. The van der Waals surface area contributed by atoms with Gasteiger partial charge in [0.25, 0.3) is 0 Å². The first-order valence-electron chi connectivity index (χ1n) is 5.84. The standard InChI is InChI=1S/C11H21O6P/c1-4-8(5-2)11(3,6-10(13)14)9(12)7-18(15,16)17/h8H,4-7H2,1-3H3,(H,13,14)(H2,15,16,17)/p-1. The van der Waals surface area contributed by atoms with E-state index >= 15 is 0 Å². The van der Waals surface area contributed by atoms with E-state index in [1.807, 2.05) is 13.8 Å². The third kappa shape index (κ3) is 4.88. The Kier molecular flexibility index (Phi) is 6.20. The van der Waals surface area contributed by atoms with Crippen molar-refractivity contribution in [2.45, 2.75) is 40.0 Å². The number of Topliss-reactive ketones (excluding diaryl/α,β-unsaturated/α-hetero) is 1. The number of carbonyl (C=O) groups excluding carboxylic acids is 2. The molecule has 0 fully saturated rings. The van der Waals surface area contributed by atoms with Crippen molar-refractivity contribution < 1.29 is 29.0 Å². The summed E-state index contributed by atoms with van der Waals surface area (Å²) in [5.41, 5.74) is -1.29. The average Bonchev–Trinajstić information content (AvgIpc) is 2.15. The Bertz CT molecular complexity index is 357. The minimum atomic E-state index is -4.49. The van der Waals surface area contributed by atoms with E-state index in [2.05, 4.69) is 0 Å². The van der Waals surface area contributed by atoms with E-state index in [-0.39, 0.29) is 5.92 Å². The molecule has 0 aliphatic heterocycles. The second-order valence-corrected chi connectivity index (χ2v) is 6.37. The summed E-state index contributed by atoms with van der Waals surface area (Å²) in [6.45, 7) is 5.07. The van der Waals surface area contributed by atoms with Crippen LogP contribution < -0.4 is 5.11 Å². The fourth-order valence-electron chi connectivity index (χ4n) is 2.33. The van der Waals surface area contributed by atoms with Gasteiger partial charge < -0.3 is 19.7 Å². The molecule has 7 heteroatoms. The number of hydrogen-bond donors (Lipinski definition) is 2. The minimum Gasteiger partial charge on any atom is -0.550 e. The normalized spacial score (nSPS) is 15.4. The molecule has 0 radical (unpaired) electrons. The Labute approximate surface area is 107 Å². The number of rotatable bonds is 8. The molecule has 0 rings (SSSR count). The summed E-state index contributed by atoms with van der Waals surface area (Å²) in [7, 11) is -4.49. The van der Waals surface area contributed by atoms with Crippen LogP contribution in [-0.2, 0) is 14.2 Å². The van der Waals surface area contributed by atoms with Gasteiger partial charge in [0.2, 0.25) is 0 Å². The van der Waals surface area contributed by atoms with E-state index in [0.717, 1.165) is 0 Å². The van der Waals surface area contributed by atoms with Crippen LogP contribution in [0.3, 0.4) is 0 Å². The van der Waals surface area contributed by atoms with Gasteiger partial charge in [0, 0.05) is 11.4 Å². The van der Waals surface area contributed by atoms with Crippen molar-refractivity contribution in [2.24, 2.45) is 11.3 Å². The fraction of sp³-hybridized carbons (Fsp3) is 0.818. The summed E-state index contributed by atoms with van der Waals surface area (Å²) >= 11 is 0. The Morgan fingerprint density at radius 2 is 1.72 bits per heavy atom. The lowest BCUT2D eigenvalue weighted by atomic mass is 9.69. The second kappa shape index (κ2) is 6.45. The van der Waals surface area contributed by atoms with Gasteiger partial charge in [-0.1, -0.05) is 33.6 Å². The summed E-state index contributed by atoms with van der Waals surface area (Å²) in [6.07, 6.45) is -0.314. The van der Waals surface area contributed by atoms with Gasteiger partial charge in [-0.05, 0) is 12.3 Å². The number of carboxylic acid groups (broad SMARTS) is 1. The van der Waals surface area contributed by atoms with Gasteiger partial charge in [0.05, 0.1) is 0 Å². The first kappa shape index (κ1) is 17.3. The van der Waals surface area contributed by atoms with E-state index in [4.69, 9.17) is 9.79 Å². The number of carboxylic acids is 1. The molecule has 0 aromatic carbocycles. The molecule has 0 aromatic heterocycles. The lowest BCUT2D eigenvalue weighted by Crippen LogP contribution is -2.42. The first-order chi connectivity index (χ1) is 8.06. The monoisotopic (exact) mass is 279 g/mol.